The van der Waals surface area contributed by atoms with Crippen LogP contribution in [0.1, 0.15) is 6.42 Å². The number of carbonyl (C=O) groups is 1. The minimum atomic E-state index is -3.70. The van der Waals surface area contributed by atoms with E-state index in [9.17, 15) is 13.2 Å². The number of sulfone groups is 1. The van der Waals surface area contributed by atoms with Crippen molar-refractivity contribution >= 4 is 27.4 Å². The Kier molecular flexibility index (Phi) is 2.68. The molecule has 1 fully saturated rings. The third-order valence-corrected chi connectivity index (χ3v) is 5.37. The maximum atomic E-state index is 12.0. The first-order chi connectivity index (χ1) is 7.78. The Morgan fingerprint density at radius 3 is 2.35 bits per heavy atom. The first-order valence-electron chi connectivity index (χ1n) is 4.80. The maximum Gasteiger partial charge on any atom is 0.325 e. The van der Waals surface area contributed by atoms with Gasteiger partial charge in [0.25, 0.3) is 0 Å². The number of carboxylic acid groups (broad SMARTS) is 1. The standard InChI is InChI=1S/C10H10ClNO4S/c11-6-1-3-7(4-2-6)17(15,16)8-5-10(8,12)9(13)14/h1-4,8H,5,12H2,(H,13,14)/t8-,10+/m1/s1. The van der Waals surface area contributed by atoms with E-state index in [1.54, 1.807) is 0 Å². The van der Waals surface area contributed by atoms with E-state index in [1.807, 2.05) is 0 Å². The molecule has 1 saturated carbocycles. The molecule has 1 aromatic carbocycles. The molecular weight excluding hydrogens is 266 g/mol. The van der Waals surface area contributed by atoms with Gasteiger partial charge in [0.15, 0.2) is 9.84 Å². The molecule has 1 aliphatic rings. The Morgan fingerprint density at radius 1 is 1.41 bits per heavy atom. The van der Waals surface area contributed by atoms with Crippen LogP contribution in [0.2, 0.25) is 5.02 Å². The Morgan fingerprint density at radius 2 is 1.94 bits per heavy atom. The van der Waals surface area contributed by atoms with Gasteiger partial charge in [-0.1, -0.05) is 11.6 Å². The molecule has 0 heterocycles. The highest BCUT2D eigenvalue weighted by Gasteiger charge is 2.64. The molecular formula is C10H10ClNO4S. The molecule has 0 spiro atoms. The van der Waals surface area contributed by atoms with E-state index in [4.69, 9.17) is 22.4 Å². The molecule has 0 bridgehead atoms. The number of carboxylic acids is 1. The lowest BCUT2D eigenvalue weighted by atomic mass is 10.3. The van der Waals surface area contributed by atoms with Gasteiger partial charge in [-0.05, 0) is 30.7 Å². The molecule has 2 atom stereocenters. The van der Waals surface area contributed by atoms with Gasteiger partial charge in [0.05, 0.1) is 10.1 Å². The summed E-state index contributed by atoms with van der Waals surface area (Å²) in [4.78, 5) is 10.9. The number of halogens is 1. The summed E-state index contributed by atoms with van der Waals surface area (Å²) in [6.07, 6.45) is -0.0622. The number of hydrogen-bond acceptors (Lipinski definition) is 4. The van der Waals surface area contributed by atoms with Crippen LogP contribution in [0.5, 0.6) is 0 Å². The molecule has 3 N–H and O–H groups in total. The van der Waals surface area contributed by atoms with Crippen LogP contribution < -0.4 is 5.73 Å². The molecule has 2 rings (SSSR count). The summed E-state index contributed by atoms with van der Waals surface area (Å²) < 4.78 is 24.1. The monoisotopic (exact) mass is 275 g/mol. The average molecular weight is 276 g/mol. The van der Waals surface area contributed by atoms with Crippen molar-refractivity contribution in [3.63, 3.8) is 0 Å². The second-order valence-corrected chi connectivity index (χ2v) is 6.60. The lowest BCUT2D eigenvalue weighted by Crippen LogP contribution is -2.38. The zero-order chi connectivity index (χ0) is 12.8. The van der Waals surface area contributed by atoms with Crippen molar-refractivity contribution < 1.29 is 18.3 Å². The number of nitrogens with two attached hydrogens (primary N) is 1. The molecule has 92 valence electrons. The Hall–Kier alpha value is -1.11. The molecule has 0 aliphatic heterocycles. The van der Waals surface area contributed by atoms with E-state index in [0.717, 1.165) is 0 Å². The summed E-state index contributed by atoms with van der Waals surface area (Å²) in [6, 6.07) is 5.57. The second kappa shape index (κ2) is 3.69. The van der Waals surface area contributed by atoms with Crippen LogP contribution >= 0.6 is 11.6 Å². The normalized spacial score (nSPS) is 27.8. The van der Waals surface area contributed by atoms with Gasteiger partial charge in [-0.15, -0.1) is 0 Å². The average Bonchev–Trinajstić information content (AvgIpc) is 2.94. The van der Waals surface area contributed by atoms with Crippen molar-refractivity contribution in [3.05, 3.63) is 29.3 Å². The summed E-state index contributed by atoms with van der Waals surface area (Å²) in [5.74, 6) is -1.29. The van der Waals surface area contributed by atoms with E-state index >= 15 is 0 Å². The highest BCUT2D eigenvalue weighted by Crippen LogP contribution is 2.42. The van der Waals surface area contributed by atoms with E-state index in [2.05, 4.69) is 0 Å². The van der Waals surface area contributed by atoms with Crippen LogP contribution in [-0.2, 0) is 14.6 Å². The zero-order valence-corrected chi connectivity index (χ0v) is 10.2. The summed E-state index contributed by atoms with van der Waals surface area (Å²) in [7, 11) is -3.70. The lowest BCUT2D eigenvalue weighted by Gasteiger charge is -2.07. The lowest BCUT2D eigenvalue weighted by molar-refractivity contribution is -0.139. The Labute approximate surface area is 103 Å². The maximum absolute atomic E-state index is 12.0. The molecule has 5 nitrogen and oxygen atoms in total. The van der Waals surface area contributed by atoms with Gasteiger partial charge < -0.3 is 10.8 Å². The molecule has 0 aromatic heterocycles. The molecule has 7 heteroatoms. The van der Waals surface area contributed by atoms with Crippen LogP contribution in [0.3, 0.4) is 0 Å². The fraction of sp³-hybridized carbons (Fsp3) is 0.300. The van der Waals surface area contributed by atoms with Crippen LogP contribution in [0.4, 0.5) is 0 Å². The van der Waals surface area contributed by atoms with Crippen LogP contribution in [0.25, 0.3) is 0 Å². The topological polar surface area (TPSA) is 97.5 Å². The van der Waals surface area contributed by atoms with E-state index in [0.29, 0.717) is 5.02 Å². The highest BCUT2D eigenvalue weighted by atomic mass is 35.5. The van der Waals surface area contributed by atoms with Gasteiger partial charge in [-0.2, -0.15) is 0 Å². The summed E-state index contributed by atoms with van der Waals surface area (Å²) in [5, 5.41) is 8.18. The van der Waals surface area contributed by atoms with Gasteiger partial charge in [0, 0.05) is 5.02 Å². The van der Waals surface area contributed by atoms with E-state index in [1.165, 1.54) is 24.3 Å². The van der Waals surface area contributed by atoms with E-state index in [-0.39, 0.29) is 11.3 Å². The number of rotatable bonds is 3. The largest absolute Gasteiger partial charge is 0.480 e. The van der Waals surface area contributed by atoms with Gasteiger partial charge >= 0.3 is 5.97 Å². The van der Waals surface area contributed by atoms with Gasteiger partial charge in [0.1, 0.15) is 5.54 Å². The summed E-state index contributed by atoms with van der Waals surface area (Å²) in [5.41, 5.74) is 3.83. The number of hydrogen-bond donors (Lipinski definition) is 2. The second-order valence-electron chi connectivity index (χ2n) is 4.04. The molecule has 0 amide bonds. The van der Waals surface area contributed by atoms with Gasteiger partial charge in [-0.25, -0.2) is 8.42 Å². The zero-order valence-electron chi connectivity index (χ0n) is 8.63. The van der Waals surface area contributed by atoms with Crippen LogP contribution in [0.15, 0.2) is 29.2 Å². The molecule has 1 aliphatic carbocycles. The van der Waals surface area contributed by atoms with Crippen molar-refractivity contribution in [1.29, 1.82) is 0 Å². The molecule has 0 saturated heterocycles. The van der Waals surface area contributed by atoms with Gasteiger partial charge in [0.2, 0.25) is 0 Å². The molecule has 0 unspecified atom stereocenters. The predicted octanol–water partition coefficient (Wildman–Crippen LogP) is 0.668. The number of aliphatic carboxylic acids is 1. The molecule has 0 radical (unpaired) electrons. The predicted molar refractivity (Wildman–Crippen MR) is 61.6 cm³/mol. The number of benzene rings is 1. The summed E-state index contributed by atoms with van der Waals surface area (Å²) in [6.45, 7) is 0. The van der Waals surface area contributed by atoms with Crippen molar-refractivity contribution in [2.75, 3.05) is 0 Å². The molecule has 17 heavy (non-hydrogen) atoms. The van der Waals surface area contributed by atoms with Crippen LogP contribution in [0, 0.1) is 0 Å². The van der Waals surface area contributed by atoms with Crippen molar-refractivity contribution in [3.8, 4) is 0 Å². The fourth-order valence-corrected chi connectivity index (χ4v) is 3.77. The Bertz CT molecular complexity index is 568. The fourth-order valence-electron chi connectivity index (χ4n) is 1.65. The van der Waals surface area contributed by atoms with Crippen molar-refractivity contribution in [1.82, 2.24) is 0 Å². The first-order valence-corrected chi connectivity index (χ1v) is 6.72. The van der Waals surface area contributed by atoms with E-state index < -0.39 is 26.6 Å². The quantitative estimate of drug-likeness (QED) is 0.845. The van der Waals surface area contributed by atoms with Crippen molar-refractivity contribution in [2.45, 2.75) is 22.1 Å². The third kappa shape index (κ3) is 1.92. The minimum Gasteiger partial charge on any atom is -0.480 e. The minimum absolute atomic E-state index is 0.0421. The Balaban J connectivity index is 2.34. The van der Waals surface area contributed by atoms with Crippen molar-refractivity contribution in [2.24, 2.45) is 5.73 Å². The van der Waals surface area contributed by atoms with Gasteiger partial charge in [-0.3, -0.25) is 4.79 Å². The molecule has 1 aromatic rings. The summed E-state index contributed by atoms with van der Waals surface area (Å²) >= 11 is 5.65. The third-order valence-electron chi connectivity index (χ3n) is 2.85. The first kappa shape index (κ1) is 12.3. The van der Waals surface area contributed by atoms with Crippen LogP contribution in [-0.4, -0.2) is 30.3 Å². The SMILES string of the molecule is N[C@@]1(C(=O)O)C[C@H]1S(=O)(=O)c1ccc(Cl)cc1. The smallest absolute Gasteiger partial charge is 0.325 e. The highest BCUT2D eigenvalue weighted by molar-refractivity contribution is 7.92.